The highest BCUT2D eigenvalue weighted by atomic mass is 32.2. The van der Waals surface area contributed by atoms with Gasteiger partial charge in [0.05, 0.1) is 0 Å². The average molecular weight is 245 g/mol. The molecular weight excluding hydrogens is 222 g/mol. The molecule has 1 aliphatic carbocycles. The molecule has 0 radical (unpaired) electrons. The van der Waals surface area contributed by atoms with Gasteiger partial charge in [0.2, 0.25) is 0 Å². The fourth-order valence-electron chi connectivity index (χ4n) is 2.53. The number of nitrogens with zero attached hydrogens (tertiary/aromatic N) is 1. The standard InChI is InChI=1S/C12H23NO2S/c1-12(2,3)13(11(14)15)9-5-7-10(16-4)8-6-9/h9-10H,5-8H2,1-4H3,(H,14,15)/t9-,10-. The lowest BCUT2D eigenvalue weighted by Gasteiger charge is -2.42. The van der Waals surface area contributed by atoms with Crippen LogP contribution in [0.1, 0.15) is 46.5 Å². The minimum absolute atomic E-state index is 0.209. The summed E-state index contributed by atoms with van der Waals surface area (Å²) < 4.78 is 0. The van der Waals surface area contributed by atoms with Crippen molar-refractivity contribution >= 4 is 17.9 Å². The molecular formula is C12H23NO2S. The molecule has 0 spiro atoms. The molecule has 4 heteroatoms. The van der Waals surface area contributed by atoms with Gasteiger partial charge in [-0.25, -0.2) is 4.79 Å². The number of hydrogen-bond acceptors (Lipinski definition) is 2. The van der Waals surface area contributed by atoms with E-state index in [-0.39, 0.29) is 11.6 Å². The van der Waals surface area contributed by atoms with Crippen molar-refractivity contribution in [2.24, 2.45) is 0 Å². The summed E-state index contributed by atoms with van der Waals surface area (Å²) >= 11 is 1.91. The number of carboxylic acid groups (broad SMARTS) is 1. The summed E-state index contributed by atoms with van der Waals surface area (Å²) in [5.41, 5.74) is -0.289. The van der Waals surface area contributed by atoms with Gasteiger partial charge in [-0.2, -0.15) is 11.8 Å². The smallest absolute Gasteiger partial charge is 0.407 e. The number of thioether (sulfide) groups is 1. The van der Waals surface area contributed by atoms with E-state index in [9.17, 15) is 9.90 Å². The van der Waals surface area contributed by atoms with E-state index >= 15 is 0 Å². The second kappa shape index (κ2) is 5.30. The molecule has 0 bridgehead atoms. The Labute approximate surface area is 103 Å². The summed E-state index contributed by atoms with van der Waals surface area (Å²) in [7, 11) is 0. The minimum Gasteiger partial charge on any atom is -0.465 e. The fraction of sp³-hybridized carbons (Fsp3) is 0.917. The van der Waals surface area contributed by atoms with Crippen LogP contribution in [0.15, 0.2) is 0 Å². The lowest BCUT2D eigenvalue weighted by atomic mass is 9.91. The Bertz CT molecular complexity index is 242. The van der Waals surface area contributed by atoms with Crippen LogP contribution in [0.4, 0.5) is 4.79 Å². The van der Waals surface area contributed by atoms with Crippen LogP contribution < -0.4 is 0 Å². The Morgan fingerprint density at radius 3 is 2.06 bits per heavy atom. The van der Waals surface area contributed by atoms with E-state index in [0.29, 0.717) is 0 Å². The number of amides is 1. The van der Waals surface area contributed by atoms with Crippen LogP contribution in [0.3, 0.4) is 0 Å². The molecule has 1 rings (SSSR count). The Balaban J connectivity index is 2.65. The second-order valence-corrected chi connectivity index (χ2v) is 6.63. The zero-order valence-electron chi connectivity index (χ0n) is 10.7. The van der Waals surface area contributed by atoms with Crippen LogP contribution in [0.2, 0.25) is 0 Å². The first-order chi connectivity index (χ1) is 7.36. The molecule has 0 atom stereocenters. The zero-order chi connectivity index (χ0) is 12.3. The lowest BCUT2D eigenvalue weighted by molar-refractivity contribution is 0.0575. The fourth-order valence-corrected chi connectivity index (χ4v) is 3.27. The van der Waals surface area contributed by atoms with Crippen LogP contribution >= 0.6 is 11.8 Å². The normalized spacial score (nSPS) is 26.5. The van der Waals surface area contributed by atoms with Gasteiger partial charge in [-0.3, -0.25) is 0 Å². The molecule has 1 N–H and O–H groups in total. The molecule has 94 valence electrons. The van der Waals surface area contributed by atoms with E-state index in [4.69, 9.17) is 0 Å². The van der Waals surface area contributed by atoms with Crippen LogP contribution in [-0.4, -0.2) is 39.2 Å². The Morgan fingerprint density at radius 2 is 1.75 bits per heavy atom. The zero-order valence-corrected chi connectivity index (χ0v) is 11.5. The van der Waals surface area contributed by atoms with Crippen LogP contribution in [-0.2, 0) is 0 Å². The van der Waals surface area contributed by atoms with Gasteiger partial charge < -0.3 is 10.0 Å². The minimum atomic E-state index is -0.778. The highest BCUT2D eigenvalue weighted by Crippen LogP contribution is 2.32. The first-order valence-electron chi connectivity index (χ1n) is 5.91. The van der Waals surface area contributed by atoms with Crippen molar-refractivity contribution in [2.45, 2.75) is 63.3 Å². The number of carbonyl (C=O) groups is 1. The maximum Gasteiger partial charge on any atom is 0.407 e. The van der Waals surface area contributed by atoms with Gasteiger partial charge in [0.15, 0.2) is 0 Å². The Hall–Kier alpha value is -0.380. The van der Waals surface area contributed by atoms with Crippen LogP contribution in [0.25, 0.3) is 0 Å². The van der Waals surface area contributed by atoms with E-state index in [1.807, 2.05) is 32.5 Å². The topological polar surface area (TPSA) is 40.5 Å². The molecule has 0 saturated heterocycles. The highest BCUT2D eigenvalue weighted by Gasteiger charge is 2.35. The van der Waals surface area contributed by atoms with Crippen molar-refractivity contribution in [2.75, 3.05) is 6.26 Å². The van der Waals surface area contributed by atoms with Crippen LogP contribution in [0.5, 0.6) is 0 Å². The van der Waals surface area contributed by atoms with Crippen molar-refractivity contribution in [1.82, 2.24) is 4.90 Å². The molecule has 16 heavy (non-hydrogen) atoms. The molecule has 1 fully saturated rings. The third-order valence-corrected chi connectivity index (χ3v) is 4.41. The summed E-state index contributed by atoms with van der Waals surface area (Å²) in [4.78, 5) is 13.0. The van der Waals surface area contributed by atoms with Gasteiger partial charge in [-0.15, -0.1) is 0 Å². The molecule has 0 aromatic heterocycles. The predicted octanol–water partition coefficient (Wildman–Crippen LogP) is 3.44. The van der Waals surface area contributed by atoms with Gasteiger partial charge in [-0.1, -0.05) is 0 Å². The molecule has 0 aromatic carbocycles. The van der Waals surface area contributed by atoms with Gasteiger partial charge in [-0.05, 0) is 52.7 Å². The Kier molecular flexibility index (Phi) is 4.53. The molecule has 1 saturated carbocycles. The second-order valence-electron chi connectivity index (χ2n) is 5.49. The maximum absolute atomic E-state index is 11.3. The monoisotopic (exact) mass is 245 g/mol. The van der Waals surface area contributed by atoms with Gasteiger partial charge in [0.1, 0.15) is 0 Å². The lowest BCUT2D eigenvalue weighted by Crippen LogP contribution is -2.52. The van der Waals surface area contributed by atoms with Crippen molar-refractivity contribution < 1.29 is 9.90 Å². The Morgan fingerprint density at radius 1 is 1.25 bits per heavy atom. The first-order valence-corrected chi connectivity index (χ1v) is 7.20. The predicted molar refractivity (Wildman–Crippen MR) is 69.2 cm³/mol. The van der Waals surface area contributed by atoms with E-state index < -0.39 is 6.09 Å². The van der Waals surface area contributed by atoms with E-state index in [1.54, 1.807) is 4.90 Å². The molecule has 1 aliphatic rings. The van der Waals surface area contributed by atoms with E-state index in [1.165, 1.54) is 0 Å². The summed E-state index contributed by atoms with van der Waals surface area (Å²) in [5.74, 6) is 0. The average Bonchev–Trinajstić information content (AvgIpc) is 2.16. The highest BCUT2D eigenvalue weighted by molar-refractivity contribution is 7.99. The van der Waals surface area contributed by atoms with E-state index in [0.717, 1.165) is 30.9 Å². The molecule has 1 amide bonds. The van der Waals surface area contributed by atoms with E-state index in [2.05, 4.69) is 6.26 Å². The van der Waals surface area contributed by atoms with Crippen LogP contribution in [0, 0.1) is 0 Å². The molecule has 0 unspecified atom stereocenters. The summed E-state index contributed by atoms with van der Waals surface area (Å²) in [5, 5.41) is 10.0. The van der Waals surface area contributed by atoms with Crippen molar-refractivity contribution in [1.29, 1.82) is 0 Å². The van der Waals surface area contributed by atoms with Gasteiger partial charge >= 0.3 is 6.09 Å². The number of rotatable bonds is 2. The summed E-state index contributed by atoms with van der Waals surface area (Å²) in [6.45, 7) is 5.92. The maximum atomic E-state index is 11.3. The van der Waals surface area contributed by atoms with Gasteiger partial charge in [0, 0.05) is 16.8 Å². The SMILES string of the molecule is CS[C@H]1CC[C@H](N(C(=O)O)C(C)(C)C)CC1. The molecule has 0 heterocycles. The number of hydrogen-bond donors (Lipinski definition) is 1. The quantitative estimate of drug-likeness (QED) is 0.810. The summed E-state index contributed by atoms with van der Waals surface area (Å²) in [6.07, 6.45) is 5.67. The molecule has 0 aliphatic heterocycles. The molecule has 3 nitrogen and oxygen atoms in total. The molecule has 0 aromatic rings. The van der Waals surface area contributed by atoms with Gasteiger partial charge in [0.25, 0.3) is 0 Å². The van der Waals surface area contributed by atoms with Crippen molar-refractivity contribution in [3.05, 3.63) is 0 Å². The summed E-state index contributed by atoms with van der Waals surface area (Å²) in [6, 6.07) is 0.209. The van der Waals surface area contributed by atoms with Crippen molar-refractivity contribution in [3.63, 3.8) is 0 Å². The van der Waals surface area contributed by atoms with Crippen molar-refractivity contribution in [3.8, 4) is 0 Å². The largest absolute Gasteiger partial charge is 0.465 e. The third kappa shape index (κ3) is 3.30. The third-order valence-electron chi connectivity index (χ3n) is 3.27. The first kappa shape index (κ1) is 13.7.